The van der Waals surface area contributed by atoms with Gasteiger partial charge in [0.15, 0.2) is 0 Å². The molecule has 4 nitrogen and oxygen atoms in total. The Kier molecular flexibility index (Phi) is 6.06. The zero-order valence-electron chi connectivity index (χ0n) is 15.1. The number of morpholine rings is 1. The van der Waals surface area contributed by atoms with Crippen molar-refractivity contribution in [1.29, 1.82) is 0 Å². The van der Waals surface area contributed by atoms with Gasteiger partial charge in [-0.15, -0.1) is 0 Å². The Morgan fingerprint density at radius 3 is 2.26 bits per heavy atom. The second-order valence-corrected chi connectivity index (χ2v) is 7.72. The predicted molar refractivity (Wildman–Crippen MR) is 93.1 cm³/mol. The van der Waals surface area contributed by atoms with Crippen molar-refractivity contribution in [2.45, 2.75) is 58.3 Å². The minimum absolute atomic E-state index is 0.141. The molecule has 0 bridgehead atoms. The van der Waals surface area contributed by atoms with Gasteiger partial charge in [0.05, 0.1) is 12.2 Å². The van der Waals surface area contributed by atoms with Crippen LogP contribution in [0.4, 0.5) is 0 Å². The summed E-state index contributed by atoms with van der Waals surface area (Å²) in [6.07, 6.45) is -0.0524. The average molecular weight is 321 g/mol. The summed E-state index contributed by atoms with van der Waals surface area (Å²) in [4.78, 5) is 2.25. The summed E-state index contributed by atoms with van der Waals surface area (Å²) >= 11 is 0. The van der Waals surface area contributed by atoms with Crippen molar-refractivity contribution >= 4 is 0 Å². The van der Waals surface area contributed by atoms with Crippen LogP contribution in [0.3, 0.4) is 0 Å². The molecule has 0 spiro atoms. The molecule has 1 aliphatic rings. The lowest BCUT2D eigenvalue weighted by molar-refractivity contribution is -0.0786. The van der Waals surface area contributed by atoms with Crippen molar-refractivity contribution in [3.05, 3.63) is 29.8 Å². The van der Waals surface area contributed by atoms with E-state index in [2.05, 4.69) is 51.7 Å². The zero-order valence-corrected chi connectivity index (χ0v) is 15.1. The molecular formula is C19H31NO3. The Labute approximate surface area is 140 Å². The molecule has 4 heteroatoms. The summed E-state index contributed by atoms with van der Waals surface area (Å²) in [6, 6.07) is 8.14. The fourth-order valence-corrected chi connectivity index (χ4v) is 3.03. The third-order valence-corrected chi connectivity index (χ3v) is 4.13. The van der Waals surface area contributed by atoms with E-state index in [0.717, 1.165) is 18.8 Å². The Balaban J connectivity index is 1.79. The van der Waals surface area contributed by atoms with Crippen LogP contribution in [0.2, 0.25) is 0 Å². The van der Waals surface area contributed by atoms with E-state index in [4.69, 9.17) is 9.47 Å². The molecule has 1 fully saturated rings. The maximum atomic E-state index is 10.2. The number of β-amino-alcohol motifs (C(OH)–C–C–N with tert-alkyl or cyclic N) is 1. The Morgan fingerprint density at radius 2 is 1.74 bits per heavy atom. The summed E-state index contributed by atoms with van der Waals surface area (Å²) < 4.78 is 11.4. The SMILES string of the molecule is CC1CN(CC(O)COc2ccc(C(C)(C)C)cc2)CC(C)O1. The molecule has 1 N–H and O–H groups in total. The normalized spacial score (nSPS) is 24.4. The van der Waals surface area contributed by atoms with Crippen molar-refractivity contribution < 1.29 is 14.6 Å². The highest BCUT2D eigenvalue weighted by Crippen LogP contribution is 2.24. The molecule has 0 amide bonds. The van der Waals surface area contributed by atoms with Gasteiger partial charge in [-0.2, -0.15) is 0 Å². The van der Waals surface area contributed by atoms with Crippen molar-refractivity contribution in [1.82, 2.24) is 4.90 Å². The van der Waals surface area contributed by atoms with Crippen LogP contribution in [0.5, 0.6) is 5.75 Å². The maximum absolute atomic E-state index is 10.2. The standard InChI is InChI=1S/C19H31NO3/c1-14-10-20(11-15(2)23-14)12-17(21)13-22-18-8-6-16(7-9-18)19(3,4)5/h6-9,14-15,17,21H,10-13H2,1-5H3. The van der Waals surface area contributed by atoms with Gasteiger partial charge < -0.3 is 14.6 Å². The first-order valence-electron chi connectivity index (χ1n) is 8.53. The fourth-order valence-electron chi connectivity index (χ4n) is 3.03. The second kappa shape index (κ2) is 7.65. The van der Waals surface area contributed by atoms with Crippen LogP contribution in [0.25, 0.3) is 0 Å². The molecule has 1 heterocycles. The first-order chi connectivity index (χ1) is 10.7. The zero-order chi connectivity index (χ0) is 17.0. The minimum atomic E-state index is -0.491. The van der Waals surface area contributed by atoms with Gasteiger partial charge in [0, 0.05) is 19.6 Å². The molecular weight excluding hydrogens is 290 g/mol. The Morgan fingerprint density at radius 1 is 1.17 bits per heavy atom. The molecule has 1 aliphatic heterocycles. The number of nitrogens with zero attached hydrogens (tertiary/aromatic N) is 1. The molecule has 1 aromatic carbocycles. The predicted octanol–water partition coefficient (Wildman–Crippen LogP) is 2.83. The quantitative estimate of drug-likeness (QED) is 0.905. The molecule has 1 aromatic rings. The first-order valence-corrected chi connectivity index (χ1v) is 8.53. The topological polar surface area (TPSA) is 41.9 Å². The van der Waals surface area contributed by atoms with E-state index < -0.39 is 6.10 Å². The lowest BCUT2D eigenvalue weighted by atomic mass is 9.87. The van der Waals surface area contributed by atoms with Gasteiger partial charge in [-0.05, 0) is 37.0 Å². The summed E-state index contributed by atoms with van der Waals surface area (Å²) in [5, 5.41) is 10.2. The van der Waals surface area contributed by atoms with Crippen LogP contribution < -0.4 is 4.74 Å². The molecule has 0 aromatic heterocycles. The molecule has 1 saturated heterocycles. The monoisotopic (exact) mass is 321 g/mol. The van der Waals surface area contributed by atoms with Gasteiger partial charge in [-0.25, -0.2) is 0 Å². The van der Waals surface area contributed by atoms with Crippen LogP contribution in [-0.4, -0.2) is 54.6 Å². The van der Waals surface area contributed by atoms with Crippen LogP contribution in [0, 0.1) is 0 Å². The lowest BCUT2D eigenvalue weighted by Gasteiger charge is -2.36. The molecule has 0 radical (unpaired) electrons. The number of hydrogen-bond acceptors (Lipinski definition) is 4. The van der Waals surface area contributed by atoms with Crippen molar-refractivity contribution in [2.24, 2.45) is 0 Å². The highest BCUT2D eigenvalue weighted by molar-refractivity contribution is 5.31. The van der Waals surface area contributed by atoms with Crippen molar-refractivity contribution in [3.63, 3.8) is 0 Å². The molecule has 0 saturated carbocycles. The average Bonchev–Trinajstić information content (AvgIpc) is 2.43. The lowest BCUT2D eigenvalue weighted by Crippen LogP contribution is -2.48. The van der Waals surface area contributed by atoms with E-state index in [1.54, 1.807) is 0 Å². The van der Waals surface area contributed by atoms with E-state index >= 15 is 0 Å². The molecule has 3 unspecified atom stereocenters. The number of benzene rings is 1. The number of rotatable bonds is 5. The second-order valence-electron chi connectivity index (χ2n) is 7.72. The van der Waals surface area contributed by atoms with Gasteiger partial charge in [0.25, 0.3) is 0 Å². The van der Waals surface area contributed by atoms with Crippen LogP contribution in [0.1, 0.15) is 40.2 Å². The summed E-state index contributed by atoms with van der Waals surface area (Å²) in [7, 11) is 0. The van der Waals surface area contributed by atoms with Crippen LogP contribution in [0.15, 0.2) is 24.3 Å². The Hall–Kier alpha value is -1.10. The molecule has 0 aliphatic carbocycles. The van der Waals surface area contributed by atoms with Gasteiger partial charge in [0.1, 0.15) is 18.5 Å². The summed E-state index contributed by atoms with van der Waals surface area (Å²) in [6.45, 7) is 13.4. The largest absolute Gasteiger partial charge is 0.491 e. The highest BCUT2D eigenvalue weighted by atomic mass is 16.5. The first kappa shape index (κ1) is 18.2. The van der Waals surface area contributed by atoms with E-state index in [1.807, 2.05) is 12.1 Å². The highest BCUT2D eigenvalue weighted by Gasteiger charge is 2.24. The van der Waals surface area contributed by atoms with E-state index in [1.165, 1.54) is 5.56 Å². The third-order valence-electron chi connectivity index (χ3n) is 4.13. The number of aliphatic hydroxyl groups excluding tert-OH is 1. The van der Waals surface area contributed by atoms with E-state index in [-0.39, 0.29) is 17.6 Å². The van der Waals surface area contributed by atoms with Crippen LogP contribution in [-0.2, 0) is 10.2 Å². The van der Waals surface area contributed by atoms with Gasteiger partial charge >= 0.3 is 0 Å². The third kappa shape index (κ3) is 5.79. The fraction of sp³-hybridized carbons (Fsp3) is 0.684. The maximum Gasteiger partial charge on any atom is 0.119 e. The number of aliphatic hydroxyl groups is 1. The van der Waals surface area contributed by atoms with E-state index in [9.17, 15) is 5.11 Å². The van der Waals surface area contributed by atoms with Crippen molar-refractivity contribution in [3.8, 4) is 5.75 Å². The summed E-state index contributed by atoms with van der Waals surface area (Å²) in [5.74, 6) is 0.806. The molecule has 3 atom stereocenters. The Bertz CT molecular complexity index is 470. The van der Waals surface area contributed by atoms with Gasteiger partial charge in [0.2, 0.25) is 0 Å². The van der Waals surface area contributed by atoms with Gasteiger partial charge in [-0.3, -0.25) is 4.90 Å². The minimum Gasteiger partial charge on any atom is -0.491 e. The summed E-state index contributed by atoms with van der Waals surface area (Å²) in [5.41, 5.74) is 1.42. The molecule has 2 rings (SSSR count). The van der Waals surface area contributed by atoms with Gasteiger partial charge in [-0.1, -0.05) is 32.9 Å². The molecule has 23 heavy (non-hydrogen) atoms. The number of ether oxygens (including phenoxy) is 2. The van der Waals surface area contributed by atoms with Crippen molar-refractivity contribution in [2.75, 3.05) is 26.2 Å². The molecule has 130 valence electrons. The number of hydrogen-bond donors (Lipinski definition) is 1. The van der Waals surface area contributed by atoms with Crippen LogP contribution >= 0.6 is 0 Å². The van der Waals surface area contributed by atoms with E-state index in [0.29, 0.717) is 13.2 Å². The smallest absolute Gasteiger partial charge is 0.119 e.